The smallest absolute Gasteiger partial charge is 0.298 e. The first kappa shape index (κ1) is 22.3. The van der Waals surface area contributed by atoms with Crippen molar-refractivity contribution >= 4 is 42.0 Å². The lowest BCUT2D eigenvalue weighted by Crippen LogP contribution is -2.33. The summed E-state index contributed by atoms with van der Waals surface area (Å²) in [4.78, 5) is 0.0871. The van der Waals surface area contributed by atoms with Crippen molar-refractivity contribution in [3.63, 3.8) is 0 Å². The van der Waals surface area contributed by atoms with Gasteiger partial charge in [-0.3, -0.25) is 0 Å². The van der Waals surface area contributed by atoms with E-state index in [0.29, 0.717) is 47.9 Å². The van der Waals surface area contributed by atoms with Gasteiger partial charge in [-0.15, -0.1) is 0 Å². The highest BCUT2D eigenvalue weighted by molar-refractivity contribution is 9.11. The van der Waals surface area contributed by atoms with Gasteiger partial charge in [-0.05, 0) is 88.9 Å². The number of benzene rings is 3. The predicted octanol–water partition coefficient (Wildman–Crippen LogP) is 5.87. The second-order valence-corrected chi connectivity index (χ2v) is 10.9. The summed E-state index contributed by atoms with van der Waals surface area (Å²) >= 11 is 7.19. The molecule has 3 aromatic rings. The minimum atomic E-state index is -4.09. The Morgan fingerprint density at radius 2 is 1.29 bits per heavy atom. The Morgan fingerprint density at radius 1 is 0.839 bits per heavy atom. The summed E-state index contributed by atoms with van der Waals surface area (Å²) in [5, 5.41) is 20.7. The maximum Gasteiger partial charge on any atom is 0.298 e. The topological polar surface area (TPSA) is 83.8 Å². The Balaban J connectivity index is 2.29. The molecule has 0 amide bonds. The maximum absolute atomic E-state index is 13.2. The van der Waals surface area contributed by atoms with E-state index in [0.717, 1.165) is 0 Å². The van der Waals surface area contributed by atoms with Gasteiger partial charge in [0.05, 0.1) is 0 Å². The number of rotatable bonds is 2. The Hall–Kier alpha value is -1.87. The molecule has 1 aliphatic heterocycles. The number of aromatic hydroxyl groups is 2. The molecule has 0 aromatic heterocycles. The van der Waals surface area contributed by atoms with E-state index in [2.05, 4.69) is 31.9 Å². The molecule has 0 saturated heterocycles. The van der Waals surface area contributed by atoms with Gasteiger partial charge in [0.1, 0.15) is 16.4 Å². The van der Waals surface area contributed by atoms with Crippen molar-refractivity contribution in [1.82, 2.24) is 0 Å². The summed E-state index contributed by atoms with van der Waals surface area (Å²) in [7, 11) is -4.09. The average molecular weight is 568 g/mol. The number of aryl methyl sites for hydroxylation is 2. The van der Waals surface area contributed by atoms with Gasteiger partial charge < -0.3 is 10.2 Å². The molecule has 4 rings (SSSR count). The van der Waals surface area contributed by atoms with Gasteiger partial charge in [0.2, 0.25) is 0 Å². The SMILES string of the molecule is Cc1cc(O)c(C)c(Br)c1C1(c2c(C)cc(O)c(C)c2Br)OS(=O)(=O)c2ccccc21. The van der Waals surface area contributed by atoms with Crippen molar-refractivity contribution in [3.05, 3.63) is 84.3 Å². The van der Waals surface area contributed by atoms with Crippen LogP contribution in [0, 0.1) is 27.7 Å². The molecule has 0 fully saturated rings. The van der Waals surface area contributed by atoms with Crippen LogP contribution in [0.4, 0.5) is 0 Å². The Morgan fingerprint density at radius 3 is 1.77 bits per heavy atom. The third kappa shape index (κ3) is 3.07. The van der Waals surface area contributed by atoms with Crippen molar-refractivity contribution in [2.45, 2.75) is 38.2 Å². The van der Waals surface area contributed by atoms with E-state index in [1.807, 2.05) is 0 Å². The summed E-state index contributed by atoms with van der Waals surface area (Å²) in [6, 6.07) is 9.89. The molecule has 5 nitrogen and oxygen atoms in total. The highest BCUT2D eigenvalue weighted by Crippen LogP contribution is 2.57. The summed E-state index contributed by atoms with van der Waals surface area (Å²) in [6.07, 6.45) is 0. The Bertz CT molecular complexity index is 1300. The molecule has 3 aromatic carbocycles. The molecule has 1 aliphatic rings. The van der Waals surface area contributed by atoms with Gasteiger partial charge >= 0.3 is 0 Å². The summed E-state index contributed by atoms with van der Waals surface area (Å²) < 4.78 is 33.6. The van der Waals surface area contributed by atoms with Gasteiger partial charge in [0.15, 0.2) is 5.60 Å². The van der Waals surface area contributed by atoms with E-state index < -0.39 is 15.7 Å². The molecule has 0 unspecified atom stereocenters. The molecule has 0 bridgehead atoms. The first-order chi connectivity index (χ1) is 14.4. The zero-order valence-electron chi connectivity index (χ0n) is 17.2. The quantitative estimate of drug-likeness (QED) is 0.378. The lowest BCUT2D eigenvalue weighted by Gasteiger charge is -2.35. The van der Waals surface area contributed by atoms with Crippen molar-refractivity contribution < 1.29 is 22.8 Å². The van der Waals surface area contributed by atoms with Crippen LogP contribution >= 0.6 is 31.9 Å². The molecule has 0 saturated carbocycles. The first-order valence-electron chi connectivity index (χ1n) is 9.47. The van der Waals surface area contributed by atoms with Crippen LogP contribution in [0.1, 0.15) is 38.9 Å². The van der Waals surface area contributed by atoms with Crippen LogP contribution in [0.5, 0.6) is 11.5 Å². The number of phenolic OH excluding ortho intramolecular Hbond substituents is 2. The van der Waals surface area contributed by atoms with Crippen molar-refractivity contribution in [3.8, 4) is 11.5 Å². The number of hydrogen-bond acceptors (Lipinski definition) is 5. The molecule has 0 atom stereocenters. The van der Waals surface area contributed by atoms with Gasteiger partial charge in [-0.2, -0.15) is 8.42 Å². The molecular formula is C23H20Br2O5S. The molecule has 1 heterocycles. The molecule has 8 heteroatoms. The minimum Gasteiger partial charge on any atom is -0.508 e. The third-order valence-electron chi connectivity index (χ3n) is 5.84. The summed E-state index contributed by atoms with van der Waals surface area (Å²) in [6.45, 7) is 7.09. The van der Waals surface area contributed by atoms with E-state index >= 15 is 0 Å². The zero-order chi connectivity index (χ0) is 22.9. The molecule has 162 valence electrons. The fourth-order valence-electron chi connectivity index (χ4n) is 4.29. The van der Waals surface area contributed by atoms with Crippen molar-refractivity contribution in [2.75, 3.05) is 0 Å². The number of phenols is 2. The average Bonchev–Trinajstić information content (AvgIpc) is 2.93. The van der Waals surface area contributed by atoms with E-state index in [1.54, 1.807) is 58.0 Å². The zero-order valence-corrected chi connectivity index (χ0v) is 21.2. The Labute approximate surface area is 198 Å². The van der Waals surface area contributed by atoms with Crippen LogP contribution in [0.25, 0.3) is 0 Å². The van der Waals surface area contributed by atoms with Gasteiger partial charge in [-0.1, -0.05) is 18.2 Å². The predicted molar refractivity (Wildman–Crippen MR) is 125 cm³/mol. The van der Waals surface area contributed by atoms with Gasteiger partial charge in [0.25, 0.3) is 10.1 Å². The fourth-order valence-corrected chi connectivity index (χ4v) is 7.28. The molecule has 31 heavy (non-hydrogen) atoms. The third-order valence-corrected chi connectivity index (χ3v) is 9.18. The number of fused-ring (bicyclic) bond motifs is 1. The van der Waals surface area contributed by atoms with Gasteiger partial charge in [-0.25, -0.2) is 4.18 Å². The normalized spacial score (nSPS) is 16.3. The van der Waals surface area contributed by atoms with Crippen molar-refractivity contribution in [1.29, 1.82) is 0 Å². The standard InChI is InChI=1S/C23H20Br2O5S/c1-11-9-16(26)13(3)21(24)19(11)23(20-12(2)10-17(27)14(4)22(20)25)15-7-5-6-8-18(15)31(28,29)30-23/h5-10,26-27H,1-4H3. The monoisotopic (exact) mass is 566 g/mol. The van der Waals surface area contributed by atoms with Gasteiger partial charge in [0, 0.05) is 36.8 Å². The lowest BCUT2D eigenvalue weighted by atomic mass is 9.76. The largest absolute Gasteiger partial charge is 0.508 e. The first-order valence-corrected chi connectivity index (χ1v) is 12.5. The number of halogens is 2. The second kappa shape index (κ2) is 7.33. The van der Waals surface area contributed by atoms with E-state index in [1.165, 1.54) is 6.07 Å². The molecule has 0 aliphatic carbocycles. The van der Waals surface area contributed by atoms with Crippen molar-refractivity contribution in [2.24, 2.45) is 0 Å². The van der Waals surface area contributed by atoms with E-state index in [9.17, 15) is 18.6 Å². The molecular weight excluding hydrogens is 548 g/mol. The number of hydrogen-bond donors (Lipinski definition) is 2. The molecule has 0 radical (unpaired) electrons. The van der Waals surface area contributed by atoms with E-state index in [-0.39, 0.29) is 16.4 Å². The maximum atomic E-state index is 13.2. The fraction of sp³-hybridized carbons (Fsp3) is 0.217. The lowest BCUT2D eigenvalue weighted by molar-refractivity contribution is 0.176. The van der Waals surface area contributed by atoms with Crippen LogP contribution < -0.4 is 0 Å². The highest BCUT2D eigenvalue weighted by atomic mass is 79.9. The minimum absolute atomic E-state index is 0.0871. The van der Waals surface area contributed by atoms with Crippen LogP contribution in [-0.2, 0) is 19.9 Å². The molecule has 2 N–H and O–H groups in total. The summed E-state index contributed by atoms with van der Waals surface area (Å²) in [5.41, 5.74) is 2.52. The molecule has 0 spiro atoms. The highest BCUT2D eigenvalue weighted by Gasteiger charge is 2.54. The van der Waals surface area contributed by atoms with Crippen LogP contribution in [0.15, 0.2) is 50.2 Å². The van der Waals surface area contributed by atoms with Crippen LogP contribution in [0.2, 0.25) is 0 Å². The van der Waals surface area contributed by atoms with Crippen LogP contribution in [-0.4, -0.2) is 18.6 Å². The second-order valence-electron chi connectivity index (χ2n) is 7.77. The van der Waals surface area contributed by atoms with E-state index in [4.69, 9.17) is 4.18 Å². The van der Waals surface area contributed by atoms with Crippen LogP contribution in [0.3, 0.4) is 0 Å². The Kier molecular flexibility index (Phi) is 5.28. The summed E-state index contributed by atoms with van der Waals surface area (Å²) in [5.74, 6) is 0.185.